The molecule has 0 fully saturated rings. The Hall–Kier alpha value is -1.13. The van der Waals surface area contributed by atoms with Crippen molar-refractivity contribution in [2.75, 3.05) is 19.6 Å². The lowest BCUT2D eigenvalue weighted by molar-refractivity contribution is 0.0950. The van der Waals surface area contributed by atoms with Gasteiger partial charge in [-0.05, 0) is 25.1 Å². The van der Waals surface area contributed by atoms with Gasteiger partial charge >= 0.3 is 0 Å². The first-order valence-corrected chi connectivity index (χ1v) is 5.40. The summed E-state index contributed by atoms with van der Waals surface area (Å²) in [5.74, 6) is -0.803. The van der Waals surface area contributed by atoms with Crippen molar-refractivity contribution in [1.82, 2.24) is 10.6 Å². The third-order valence-electron chi connectivity index (χ3n) is 2.27. The van der Waals surface area contributed by atoms with E-state index in [1.807, 2.05) is 6.92 Å². The molecule has 1 amide bonds. The molecule has 0 bridgehead atoms. The standard InChI is InChI=1S/C12H17FN2O.ClH/c1-3-14-7-8-15-12(16)10-6-4-5-9(2)11(10)13;/h4-6,14H,3,7-8H2,1-2H3,(H,15,16);1H. The Morgan fingerprint density at radius 3 is 2.71 bits per heavy atom. The average Bonchev–Trinajstić information content (AvgIpc) is 2.28. The van der Waals surface area contributed by atoms with Gasteiger partial charge in [-0.2, -0.15) is 0 Å². The molecule has 0 saturated carbocycles. The molecule has 17 heavy (non-hydrogen) atoms. The van der Waals surface area contributed by atoms with Crippen molar-refractivity contribution in [2.45, 2.75) is 13.8 Å². The van der Waals surface area contributed by atoms with Gasteiger partial charge in [0, 0.05) is 13.1 Å². The molecule has 2 N–H and O–H groups in total. The van der Waals surface area contributed by atoms with E-state index in [1.165, 1.54) is 6.07 Å². The number of hydrogen-bond acceptors (Lipinski definition) is 2. The molecule has 1 rings (SSSR count). The van der Waals surface area contributed by atoms with Crippen LogP contribution in [0, 0.1) is 12.7 Å². The first kappa shape index (κ1) is 15.9. The van der Waals surface area contributed by atoms with Crippen molar-refractivity contribution < 1.29 is 9.18 Å². The molecule has 0 spiro atoms. The van der Waals surface area contributed by atoms with E-state index in [-0.39, 0.29) is 23.9 Å². The Kier molecular flexibility index (Phi) is 7.50. The van der Waals surface area contributed by atoms with Crippen LogP contribution in [0.5, 0.6) is 0 Å². The Morgan fingerprint density at radius 2 is 2.06 bits per heavy atom. The van der Waals surface area contributed by atoms with E-state index >= 15 is 0 Å². The third kappa shape index (κ3) is 4.71. The number of rotatable bonds is 5. The number of nitrogens with one attached hydrogen (secondary N) is 2. The molecule has 96 valence electrons. The molecule has 5 heteroatoms. The minimum atomic E-state index is -0.441. The molecule has 0 radical (unpaired) electrons. The Labute approximate surface area is 107 Å². The lowest BCUT2D eigenvalue weighted by Gasteiger charge is -2.07. The fourth-order valence-corrected chi connectivity index (χ4v) is 1.36. The molecule has 0 heterocycles. The fraction of sp³-hybridized carbons (Fsp3) is 0.417. The molecule has 0 aliphatic rings. The highest BCUT2D eigenvalue weighted by molar-refractivity contribution is 5.94. The van der Waals surface area contributed by atoms with Gasteiger partial charge in [-0.3, -0.25) is 4.79 Å². The largest absolute Gasteiger partial charge is 0.351 e. The summed E-state index contributed by atoms with van der Waals surface area (Å²) >= 11 is 0. The first-order chi connectivity index (χ1) is 7.66. The normalized spacial score (nSPS) is 9.59. The number of hydrogen-bond donors (Lipinski definition) is 2. The minimum Gasteiger partial charge on any atom is -0.351 e. The van der Waals surface area contributed by atoms with Crippen LogP contribution in [0.3, 0.4) is 0 Å². The van der Waals surface area contributed by atoms with Gasteiger partial charge in [-0.1, -0.05) is 19.1 Å². The monoisotopic (exact) mass is 260 g/mol. The van der Waals surface area contributed by atoms with Gasteiger partial charge in [0.05, 0.1) is 5.56 Å². The van der Waals surface area contributed by atoms with Crippen molar-refractivity contribution in [1.29, 1.82) is 0 Å². The van der Waals surface area contributed by atoms with Gasteiger partial charge in [-0.15, -0.1) is 12.4 Å². The van der Waals surface area contributed by atoms with Crippen LogP contribution in [-0.4, -0.2) is 25.5 Å². The van der Waals surface area contributed by atoms with Gasteiger partial charge in [0.1, 0.15) is 5.82 Å². The van der Waals surface area contributed by atoms with E-state index < -0.39 is 5.82 Å². The highest BCUT2D eigenvalue weighted by atomic mass is 35.5. The predicted octanol–water partition coefficient (Wildman–Crippen LogP) is 1.90. The van der Waals surface area contributed by atoms with Crippen LogP contribution in [0.2, 0.25) is 0 Å². The summed E-state index contributed by atoms with van der Waals surface area (Å²) in [4.78, 5) is 11.6. The summed E-state index contributed by atoms with van der Waals surface area (Å²) in [5.41, 5.74) is 0.593. The number of halogens is 2. The van der Waals surface area contributed by atoms with Crippen LogP contribution in [-0.2, 0) is 0 Å². The van der Waals surface area contributed by atoms with E-state index in [2.05, 4.69) is 10.6 Å². The number of carbonyl (C=O) groups excluding carboxylic acids is 1. The van der Waals surface area contributed by atoms with Crippen LogP contribution in [0.1, 0.15) is 22.8 Å². The Morgan fingerprint density at radius 1 is 1.35 bits per heavy atom. The second kappa shape index (κ2) is 8.03. The summed E-state index contributed by atoms with van der Waals surface area (Å²) in [7, 11) is 0. The highest BCUT2D eigenvalue weighted by Gasteiger charge is 2.11. The van der Waals surface area contributed by atoms with Crippen molar-refractivity contribution in [2.24, 2.45) is 0 Å². The van der Waals surface area contributed by atoms with Gasteiger partial charge in [0.25, 0.3) is 5.91 Å². The molecule has 0 unspecified atom stereocenters. The summed E-state index contributed by atoms with van der Waals surface area (Å²) in [6, 6.07) is 4.81. The highest BCUT2D eigenvalue weighted by Crippen LogP contribution is 2.11. The average molecular weight is 261 g/mol. The molecule has 3 nitrogen and oxygen atoms in total. The summed E-state index contributed by atoms with van der Waals surface area (Å²) < 4.78 is 13.6. The van der Waals surface area contributed by atoms with Gasteiger partial charge in [-0.25, -0.2) is 4.39 Å². The first-order valence-electron chi connectivity index (χ1n) is 5.40. The summed E-state index contributed by atoms with van der Waals surface area (Å²) in [6.07, 6.45) is 0. The Bertz CT molecular complexity index is 372. The van der Waals surface area contributed by atoms with Crippen LogP contribution in [0.25, 0.3) is 0 Å². The number of amides is 1. The number of carbonyl (C=O) groups is 1. The lowest BCUT2D eigenvalue weighted by atomic mass is 10.1. The van der Waals surface area contributed by atoms with E-state index in [4.69, 9.17) is 0 Å². The van der Waals surface area contributed by atoms with Crippen molar-refractivity contribution in [3.8, 4) is 0 Å². The summed E-state index contributed by atoms with van der Waals surface area (Å²) in [6.45, 7) is 5.68. The fourth-order valence-electron chi connectivity index (χ4n) is 1.36. The predicted molar refractivity (Wildman–Crippen MR) is 69.3 cm³/mol. The molecule has 1 aromatic carbocycles. The van der Waals surface area contributed by atoms with Crippen LogP contribution < -0.4 is 10.6 Å². The van der Waals surface area contributed by atoms with Gasteiger partial charge in [0.15, 0.2) is 0 Å². The zero-order valence-corrected chi connectivity index (χ0v) is 10.9. The summed E-state index contributed by atoms with van der Waals surface area (Å²) in [5, 5.41) is 5.73. The second-order valence-electron chi connectivity index (χ2n) is 3.55. The molecule has 0 aliphatic heterocycles. The topological polar surface area (TPSA) is 41.1 Å². The van der Waals surface area contributed by atoms with E-state index in [1.54, 1.807) is 19.1 Å². The van der Waals surface area contributed by atoms with E-state index in [0.717, 1.165) is 6.54 Å². The van der Waals surface area contributed by atoms with Gasteiger partial charge < -0.3 is 10.6 Å². The van der Waals surface area contributed by atoms with E-state index in [9.17, 15) is 9.18 Å². The van der Waals surface area contributed by atoms with Crippen molar-refractivity contribution >= 4 is 18.3 Å². The zero-order chi connectivity index (χ0) is 12.0. The minimum absolute atomic E-state index is 0. The lowest BCUT2D eigenvalue weighted by Crippen LogP contribution is -2.32. The second-order valence-corrected chi connectivity index (χ2v) is 3.55. The molecule has 1 aromatic rings. The number of benzene rings is 1. The number of likely N-dealkylation sites (N-methyl/N-ethyl adjacent to an activating group) is 1. The molecule has 0 atom stereocenters. The zero-order valence-electron chi connectivity index (χ0n) is 10.0. The molecule has 0 aromatic heterocycles. The molecular weight excluding hydrogens is 243 g/mol. The van der Waals surface area contributed by atoms with E-state index in [0.29, 0.717) is 18.7 Å². The maximum Gasteiger partial charge on any atom is 0.254 e. The number of aryl methyl sites for hydroxylation is 1. The van der Waals surface area contributed by atoms with Crippen LogP contribution in [0.4, 0.5) is 4.39 Å². The molecule has 0 saturated heterocycles. The third-order valence-corrected chi connectivity index (χ3v) is 2.27. The smallest absolute Gasteiger partial charge is 0.254 e. The van der Waals surface area contributed by atoms with Crippen molar-refractivity contribution in [3.63, 3.8) is 0 Å². The van der Waals surface area contributed by atoms with Crippen molar-refractivity contribution in [3.05, 3.63) is 35.1 Å². The van der Waals surface area contributed by atoms with Crippen LogP contribution in [0.15, 0.2) is 18.2 Å². The maximum atomic E-state index is 13.6. The Balaban J connectivity index is 0.00000256. The molecular formula is C12H18ClFN2O. The molecule has 0 aliphatic carbocycles. The van der Waals surface area contributed by atoms with Gasteiger partial charge in [0.2, 0.25) is 0 Å². The SMILES string of the molecule is CCNCCNC(=O)c1cccc(C)c1F.Cl. The maximum absolute atomic E-state index is 13.6. The van der Waals surface area contributed by atoms with Crippen LogP contribution >= 0.6 is 12.4 Å². The quantitative estimate of drug-likeness (QED) is 0.794.